The van der Waals surface area contributed by atoms with Gasteiger partial charge in [-0.1, -0.05) is 0 Å². The van der Waals surface area contributed by atoms with Crippen LogP contribution in [-0.4, -0.2) is 73.1 Å². The monoisotopic (exact) mass is 472 g/mol. The molecule has 0 N–H and O–H groups in total. The van der Waals surface area contributed by atoms with Gasteiger partial charge in [-0.3, -0.25) is 4.79 Å². The predicted molar refractivity (Wildman–Crippen MR) is 116 cm³/mol. The van der Waals surface area contributed by atoms with Crippen molar-refractivity contribution in [2.75, 3.05) is 39.4 Å². The van der Waals surface area contributed by atoms with Gasteiger partial charge in [0.15, 0.2) is 0 Å². The van der Waals surface area contributed by atoms with Gasteiger partial charge in [0, 0.05) is 37.7 Å². The van der Waals surface area contributed by atoms with Gasteiger partial charge >= 0.3 is 0 Å². The molecule has 33 heavy (non-hydrogen) atoms. The molecule has 174 valence electrons. The molecule has 3 aromatic rings. The zero-order valence-corrected chi connectivity index (χ0v) is 18.7. The Kier molecular flexibility index (Phi) is 6.00. The van der Waals surface area contributed by atoms with E-state index in [0.717, 1.165) is 5.56 Å². The van der Waals surface area contributed by atoms with E-state index in [9.17, 15) is 13.2 Å². The van der Waals surface area contributed by atoms with Crippen molar-refractivity contribution in [3.05, 3.63) is 54.3 Å². The molecule has 2 fully saturated rings. The molecule has 0 unspecified atom stereocenters. The third kappa shape index (κ3) is 4.43. The van der Waals surface area contributed by atoms with Gasteiger partial charge in [0.1, 0.15) is 6.26 Å². The SMILES string of the molecule is O=C(c1ccc(S(=O)(=O)N2CCOCC2)cc1)N1CCC(c2nnc(-c3ccoc3)o2)CC1. The van der Waals surface area contributed by atoms with Crippen molar-refractivity contribution in [2.24, 2.45) is 0 Å². The average molecular weight is 473 g/mol. The molecule has 1 aromatic carbocycles. The van der Waals surface area contributed by atoms with Crippen molar-refractivity contribution in [3.63, 3.8) is 0 Å². The standard InChI is InChI=1S/C22H24N4O6S/c27-22(17-1-3-19(4-2-17)33(28,29)26-10-13-30-14-11-26)25-8-5-16(6-9-25)20-23-24-21(32-20)18-7-12-31-15-18/h1-4,7,12,15-16H,5-6,8-11,13-14H2. The number of nitrogens with zero attached hydrogens (tertiary/aromatic N) is 4. The molecule has 1 amide bonds. The summed E-state index contributed by atoms with van der Waals surface area (Å²) in [6, 6.07) is 7.92. The minimum Gasteiger partial charge on any atom is -0.472 e. The highest BCUT2D eigenvalue weighted by molar-refractivity contribution is 7.89. The number of piperidine rings is 1. The lowest BCUT2D eigenvalue weighted by Crippen LogP contribution is -2.40. The number of sulfonamides is 1. The number of benzene rings is 1. The molecule has 5 rings (SSSR count). The molecule has 4 heterocycles. The molecule has 2 saturated heterocycles. The van der Waals surface area contributed by atoms with E-state index in [1.165, 1.54) is 16.4 Å². The number of rotatable bonds is 5. The van der Waals surface area contributed by atoms with Gasteiger partial charge in [-0.25, -0.2) is 8.42 Å². The topological polar surface area (TPSA) is 119 Å². The molecular weight excluding hydrogens is 448 g/mol. The number of aromatic nitrogens is 2. The second-order valence-electron chi connectivity index (χ2n) is 8.06. The smallest absolute Gasteiger partial charge is 0.253 e. The number of hydrogen-bond acceptors (Lipinski definition) is 8. The predicted octanol–water partition coefficient (Wildman–Crippen LogP) is 2.37. The van der Waals surface area contributed by atoms with Crippen LogP contribution in [0.15, 0.2) is 56.6 Å². The van der Waals surface area contributed by atoms with Gasteiger partial charge in [-0.05, 0) is 43.2 Å². The molecule has 0 aliphatic carbocycles. The Bertz CT molecular complexity index is 1190. The first-order chi connectivity index (χ1) is 16.0. The van der Waals surface area contributed by atoms with Gasteiger partial charge < -0.3 is 18.5 Å². The third-order valence-electron chi connectivity index (χ3n) is 6.05. The number of morpholine rings is 1. The van der Waals surface area contributed by atoms with Crippen LogP contribution in [0.4, 0.5) is 0 Å². The normalized spacial score (nSPS) is 18.5. The van der Waals surface area contributed by atoms with Crippen LogP contribution in [0.1, 0.15) is 35.0 Å². The van der Waals surface area contributed by atoms with Gasteiger partial charge in [0.05, 0.1) is 29.9 Å². The highest BCUT2D eigenvalue weighted by Crippen LogP contribution is 2.30. The van der Waals surface area contributed by atoms with Crippen LogP contribution in [0.3, 0.4) is 0 Å². The molecule has 2 aliphatic heterocycles. The van der Waals surface area contributed by atoms with Crippen molar-refractivity contribution < 1.29 is 26.8 Å². The number of carbonyl (C=O) groups is 1. The van der Waals surface area contributed by atoms with E-state index in [2.05, 4.69) is 10.2 Å². The number of amides is 1. The summed E-state index contributed by atoms with van der Waals surface area (Å²) in [5.41, 5.74) is 1.20. The Morgan fingerprint density at radius 2 is 1.70 bits per heavy atom. The van der Waals surface area contributed by atoms with E-state index in [1.807, 2.05) is 0 Å². The number of carbonyl (C=O) groups excluding carboxylic acids is 1. The summed E-state index contributed by atoms with van der Waals surface area (Å²) in [5, 5.41) is 8.25. The number of furan rings is 1. The fraction of sp³-hybridized carbons (Fsp3) is 0.409. The minimum absolute atomic E-state index is 0.0863. The molecule has 0 saturated carbocycles. The summed E-state index contributed by atoms with van der Waals surface area (Å²) in [4.78, 5) is 14.9. The van der Waals surface area contributed by atoms with Crippen molar-refractivity contribution in [1.29, 1.82) is 0 Å². The third-order valence-corrected chi connectivity index (χ3v) is 7.96. The molecule has 0 radical (unpaired) electrons. The van der Waals surface area contributed by atoms with Crippen LogP contribution in [0.5, 0.6) is 0 Å². The van der Waals surface area contributed by atoms with Crippen molar-refractivity contribution >= 4 is 15.9 Å². The molecule has 11 heteroatoms. The van der Waals surface area contributed by atoms with E-state index in [4.69, 9.17) is 13.6 Å². The highest BCUT2D eigenvalue weighted by Gasteiger charge is 2.29. The summed E-state index contributed by atoms with van der Waals surface area (Å²) in [6.45, 7) is 2.56. The van der Waals surface area contributed by atoms with E-state index >= 15 is 0 Å². The van der Waals surface area contributed by atoms with Crippen LogP contribution in [-0.2, 0) is 14.8 Å². The number of ether oxygens (including phenoxy) is 1. The van der Waals surface area contributed by atoms with Gasteiger partial charge in [0.2, 0.25) is 15.9 Å². The van der Waals surface area contributed by atoms with Gasteiger partial charge in [-0.15, -0.1) is 10.2 Å². The highest BCUT2D eigenvalue weighted by atomic mass is 32.2. The summed E-state index contributed by atoms with van der Waals surface area (Å²) >= 11 is 0. The summed E-state index contributed by atoms with van der Waals surface area (Å²) in [7, 11) is -3.58. The summed E-state index contributed by atoms with van der Waals surface area (Å²) < 4.78 is 43.0. The fourth-order valence-electron chi connectivity index (χ4n) is 4.12. The van der Waals surface area contributed by atoms with Gasteiger partial charge in [0.25, 0.3) is 11.8 Å². The Hall–Kier alpha value is -3.02. The number of hydrogen-bond donors (Lipinski definition) is 0. The zero-order valence-electron chi connectivity index (χ0n) is 17.9. The van der Waals surface area contributed by atoms with Crippen LogP contribution < -0.4 is 0 Å². The Morgan fingerprint density at radius 1 is 0.970 bits per heavy atom. The lowest BCUT2D eigenvalue weighted by molar-refractivity contribution is 0.0706. The molecule has 0 spiro atoms. The van der Waals surface area contributed by atoms with Crippen LogP contribution in [0.25, 0.3) is 11.5 Å². The van der Waals surface area contributed by atoms with Gasteiger partial charge in [-0.2, -0.15) is 4.31 Å². The maximum absolute atomic E-state index is 13.0. The molecule has 2 aliphatic rings. The van der Waals surface area contributed by atoms with E-state index < -0.39 is 10.0 Å². The quantitative estimate of drug-likeness (QED) is 0.555. The van der Waals surface area contributed by atoms with E-state index in [1.54, 1.807) is 35.6 Å². The Morgan fingerprint density at radius 3 is 2.36 bits per heavy atom. The summed E-state index contributed by atoms with van der Waals surface area (Å²) in [6.07, 6.45) is 4.52. The van der Waals surface area contributed by atoms with Crippen molar-refractivity contribution in [2.45, 2.75) is 23.7 Å². The minimum atomic E-state index is -3.58. The van der Waals surface area contributed by atoms with Crippen LogP contribution >= 0.6 is 0 Å². The maximum atomic E-state index is 13.0. The lowest BCUT2D eigenvalue weighted by atomic mass is 9.96. The van der Waals surface area contributed by atoms with Crippen LogP contribution in [0.2, 0.25) is 0 Å². The van der Waals surface area contributed by atoms with Crippen molar-refractivity contribution in [1.82, 2.24) is 19.4 Å². The number of likely N-dealkylation sites (tertiary alicyclic amines) is 1. The van der Waals surface area contributed by atoms with E-state index in [0.29, 0.717) is 69.6 Å². The van der Waals surface area contributed by atoms with E-state index in [-0.39, 0.29) is 16.7 Å². The second-order valence-corrected chi connectivity index (χ2v) is 10.0. The first-order valence-corrected chi connectivity index (χ1v) is 12.3. The molecular formula is C22H24N4O6S. The lowest BCUT2D eigenvalue weighted by Gasteiger charge is -2.30. The average Bonchev–Trinajstić information content (AvgIpc) is 3.57. The molecule has 2 aromatic heterocycles. The van der Waals surface area contributed by atoms with Crippen LogP contribution in [0, 0.1) is 0 Å². The largest absolute Gasteiger partial charge is 0.472 e. The summed E-state index contributed by atoms with van der Waals surface area (Å²) in [5.74, 6) is 0.956. The Labute approximate surface area is 191 Å². The maximum Gasteiger partial charge on any atom is 0.253 e. The molecule has 0 bridgehead atoms. The Balaban J connectivity index is 1.20. The molecule has 0 atom stereocenters. The zero-order chi connectivity index (χ0) is 22.8. The fourth-order valence-corrected chi connectivity index (χ4v) is 5.53. The molecule has 10 nitrogen and oxygen atoms in total. The second kappa shape index (κ2) is 9.08. The first kappa shape index (κ1) is 21.8. The first-order valence-electron chi connectivity index (χ1n) is 10.9. The van der Waals surface area contributed by atoms with Crippen molar-refractivity contribution in [3.8, 4) is 11.5 Å².